The van der Waals surface area contributed by atoms with Crippen molar-refractivity contribution in [3.63, 3.8) is 0 Å². The number of pyridine rings is 1. The largest absolute Gasteiger partial charge is 0.478 e. The normalized spacial score (nSPS) is 15.3. The van der Waals surface area contributed by atoms with Gasteiger partial charge in [-0.2, -0.15) is 0 Å². The van der Waals surface area contributed by atoms with E-state index in [1.54, 1.807) is 0 Å². The summed E-state index contributed by atoms with van der Waals surface area (Å²) in [6.07, 6.45) is 7.51. The Hall–Kier alpha value is -1.09. The predicted molar refractivity (Wildman–Crippen MR) is 78.4 cm³/mol. The van der Waals surface area contributed by atoms with Crippen LogP contribution < -0.4 is 10.1 Å². The van der Waals surface area contributed by atoms with Crippen LogP contribution in [-0.2, 0) is 13.0 Å². The maximum atomic E-state index is 5.85. The van der Waals surface area contributed by atoms with Gasteiger partial charge in [0.25, 0.3) is 0 Å². The molecule has 1 aromatic heterocycles. The van der Waals surface area contributed by atoms with Gasteiger partial charge in [0.05, 0.1) is 6.61 Å². The van der Waals surface area contributed by atoms with Gasteiger partial charge in [-0.1, -0.05) is 32.6 Å². The summed E-state index contributed by atoms with van der Waals surface area (Å²) in [6.45, 7) is 3.87. The second kappa shape index (κ2) is 7.49. The van der Waals surface area contributed by atoms with E-state index in [1.165, 1.54) is 31.2 Å². The average Bonchev–Trinajstić information content (AvgIpc) is 2.33. The first-order valence-electron chi connectivity index (χ1n) is 7.59. The Morgan fingerprint density at radius 3 is 2.84 bits per heavy atom. The number of ether oxygens (including phenoxy) is 1. The summed E-state index contributed by atoms with van der Waals surface area (Å²) in [7, 11) is 1.97. The van der Waals surface area contributed by atoms with Crippen molar-refractivity contribution in [2.75, 3.05) is 13.7 Å². The Balaban J connectivity index is 1.92. The summed E-state index contributed by atoms with van der Waals surface area (Å²) in [6, 6.07) is 4.25. The zero-order valence-electron chi connectivity index (χ0n) is 12.2. The van der Waals surface area contributed by atoms with Crippen LogP contribution in [0, 0.1) is 5.92 Å². The molecule has 0 unspecified atom stereocenters. The van der Waals surface area contributed by atoms with Crippen molar-refractivity contribution in [3.8, 4) is 5.88 Å². The first kappa shape index (κ1) is 14.3. The highest BCUT2D eigenvalue weighted by Crippen LogP contribution is 2.29. The molecular formula is C16H26N2O. The van der Waals surface area contributed by atoms with Gasteiger partial charge in [0.1, 0.15) is 0 Å². The van der Waals surface area contributed by atoms with E-state index in [9.17, 15) is 0 Å². The molecule has 1 heterocycles. The van der Waals surface area contributed by atoms with Crippen LogP contribution in [0.25, 0.3) is 0 Å². The molecule has 106 valence electrons. The number of hydrogen-bond acceptors (Lipinski definition) is 3. The van der Waals surface area contributed by atoms with Crippen LogP contribution in [-0.4, -0.2) is 18.6 Å². The second-order valence-corrected chi connectivity index (χ2v) is 5.52. The minimum absolute atomic E-state index is 0.801. The molecule has 1 aliphatic rings. The van der Waals surface area contributed by atoms with Gasteiger partial charge in [-0.25, -0.2) is 4.98 Å². The van der Waals surface area contributed by atoms with Crippen LogP contribution in [0.3, 0.4) is 0 Å². The Morgan fingerprint density at radius 2 is 2.21 bits per heavy atom. The molecule has 0 atom stereocenters. The fraction of sp³-hybridized carbons (Fsp3) is 0.688. The van der Waals surface area contributed by atoms with Gasteiger partial charge in [-0.3, -0.25) is 0 Å². The molecule has 0 bridgehead atoms. The molecule has 0 aromatic carbocycles. The van der Waals surface area contributed by atoms with Crippen molar-refractivity contribution < 1.29 is 4.74 Å². The minimum atomic E-state index is 0.801. The Morgan fingerprint density at radius 1 is 1.37 bits per heavy atom. The van der Waals surface area contributed by atoms with E-state index < -0.39 is 0 Å². The summed E-state index contributed by atoms with van der Waals surface area (Å²) >= 11 is 0. The van der Waals surface area contributed by atoms with Crippen molar-refractivity contribution in [3.05, 3.63) is 23.4 Å². The van der Waals surface area contributed by atoms with Gasteiger partial charge in [0.2, 0.25) is 5.88 Å². The molecule has 0 amide bonds. The first-order valence-corrected chi connectivity index (χ1v) is 7.59. The Bertz CT molecular complexity index is 364. The number of rotatable bonds is 8. The topological polar surface area (TPSA) is 34.1 Å². The third kappa shape index (κ3) is 4.50. The number of nitrogens with zero attached hydrogens (tertiary/aromatic N) is 1. The summed E-state index contributed by atoms with van der Waals surface area (Å²) < 4.78 is 5.85. The second-order valence-electron chi connectivity index (χ2n) is 5.52. The maximum absolute atomic E-state index is 5.85. The van der Waals surface area contributed by atoms with Gasteiger partial charge >= 0.3 is 0 Å². The van der Waals surface area contributed by atoms with Crippen LogP contribution in [0.5, 0.6) is 5.88 Å². The lowest BCUT2D eigenvalue weighted by Gasteiger charge is -2.24. The lowest BCUT2D eigenvalue weighted by atomic mass is 9.83. The molecule has 0 aliphatic heterocycles. The van der Waals surface area contributed by atoms with Crippen molar-refractivity contribution in [2.45, 2.75) is 52.0 Å². The van der Waals surface area contributed by atoms with Gasteiger partial charge in [-0.15, -0.1) is 0 Å². The molecule has 0 saturated heterocycles. The van der Waals surface area contributed by atoms with Gasteiger partial charge in [-0.05, 0) is 37.4 Å². The van der Waals surface area contributed by atoms with Crippen LogP contribution >= 0.6 is 0 Å². The van der Waals surface area contributed by atoms with Crippen molar-refractivity contribution in [1.82, 2.24) is 10.3 Å². The van der Waals surface area contributed by atoms with Crippen molar-refractivity contribution in [2.24, 2.45) is 5.92 Å². The van der Waals surface area contributed by atoms with E-state index in [-0.39, 0.29) is 0 Å². The molecule has 0 spiro atoms. The molecule has 1 N–H and O–H groups in total. The van der Waals surface area contributed by atoms with Gasteiger partial charge in [0, 0.05) is 18.3 Å². The molecule has 3 heteroatoms. The summed E-state index contributed by atoms with van der Waals surface area (Å²) in [5.41, 5.74) is 2.41. The zero-order valence-corrected chi connectivity index (χ0v) is 12.2. The number of nitrogens with one attached hydrogen (secondary N) is 1. The smallest absolute Gasteiger partial charge is 0.213 e. The van der Waals surface area contributed by atoms with Crippen molar-refractivity contribution >= 4 is 0 Å². The van der Waals surface area contributed by atoms with Gasteiger partial charge in [0.15, 0.2) is 0 Å². The Kier molecular flexibility index (Phi) is 5.64. The lowest BCUT2D eigenvalue weighted by Crippen LogP contribution is -2.15. The average molecular weight is 262 g/mol. The third-order valence-corrected chi connectivity index (χ3v) is 3.80. The third-order valence-electron chi connectivity index (χ3n) is 3.80. The molecule has 2 rings (SSSR count). The van der Waals surface area contributed by atoms with Crippen molar-refractivity contribution in [1.29, 1.82) is 0 Å². The molecule has 3 nitrogen and oxygen atoms in total. The summed E-state index contributed by atoms with van der Waals surface area (Å²) in [4.78, 5) is 4.60. The molecule has 1 aliphatic carbocycles. The minimum Gasteiger partial charge on any atom is -0.478 e. The molecule has 19 heavy (non-hydrogen) atoms. The van der Waals surface area contributed by atoms with Crippen LogP contribution in [0.1, 0.15) is 50.3 Å². The van der Waals surface area contributed by atoms with Crippen LogP contribution in [0.15, 0.2) is 12.1 Å². The van der Waals surface area contributed by atoms with E-state index in [0.29, 0.717) is 0 Å². The quantitative estimate of drug-likeness (QED) is 0.780. The highest BCUT2D eigenvalue weighted by atomic mass is 16.5. The monoisotopic (exact) mass is 262 g/mol. The number of aromatic nitrogens is 1. The fourth-order valence-electron chi connectivity index (χ4n) is 2.50. The van der Waals surface area contributed by atoms with E-state index in [1.807, 2.05) is 7.05 Å². The maximum Gasteiger partial charge on any atom is 0.213 e. The highest BCUT2D eigenvalue weighted by Gasteiger charge is 2.17. The highest BCUT2D eigenvalue weighted by molar-refractivity contribution is 5.25. The van der Waals surface area contributed by atoms with E-state index in [4.69, 9.17) is 4.74 Å². The molecular weight excluding hydrogens is 236 g/mol. The summed E-state index contributed by atoms with van der Waals surface area (Å²) in [5.74, 6) is 1.70. The Labute approximate surface area is 116 Å². The first-order chi connectivity index (χ1) is 9.31. The van der Waals surface area contributed by atoms with Crippen LogP contribution in [0.2, 0.25) is 0 Å². The van der Waals surface area contributed by atoms with E-state index >= 15 is 0 Å². The molecule has 1 aromatic rings. The molecule has 1 fully saturated rings. The number of hydrogen-bond donors (Lipinski definition) is 1. The number of aryl methyl sites for hydroxylation is 1. The fourth-order valence-corrected chi connectivity index (χ4v) is 2.50. The predicted octanol–water partition coefficient (Wildman–Crippen LogP) is 3.32. The summed E-state index contributed by atoms with van der Waals surface area (Å²) in [5, 5.41) is 3.19. The van der Waals surface area contributed by atoms with E-state index in [0.717, 1.165) is 43.5 Å². The molecule has 0 radical (unpaired) electrons. The lowest BCUT2D eigenvalue weighted by molar-refractivity contribution is 0.217. The molecule has 1 saturated carbocycles. The van der Waals surface area contributed by atoms with Gasteiger partial charge < -0.3 is 10.1 Å². The van der Waals surface area contributed by atoms with E-state index in [2.05, 4.69) is 29.4 Å². The van der Waals surface area contributed by atoms with Crippen LogP contribution in [0.4, 0.5) is 0 Å². The SMILES string of the molecule is CCCc1cc(CNC)cc(OCCC2CCC2)n1. The zero-order chi connectivity index (χ0) is 13.5. The standard InChI is InChI=1S/C16H26N2O/c1-3-5-15-10-14(12-17-2)11-16(18-15)19-9-8-13-6-4-7-13/h10-11,13,17H,3-9,12H2,1-2H3.